The first-order valence-corrected chi connectivity index (χ1v) is 10.7. The normalized spacial score (nSPS) is 24.8. The van der Waals surface area contributed by atoms with E-state index in [4.69, 9.17) is 4.98 Å². The van der Waals surface area contributed by atoms with E-state index in [0.29, 0.717) is 30.3 Å². The molecule has 0 spiro atoms. The number of anilines is 1. The van der Waals surface area contributed by atoms with E-state index in [1.807, 2.05) is 30.1 Å². The van der Waals surface area contributed by atoms with Gasteiger partial charge < -0.3 is 15.1 Å². The van der Waals surface area contributed by atoms with Gasteiger partial charge in [-0.25, -0.2) is 4.98 Å². The van der Waals surface area contributed by atoms with E-state index in [-0.39, 0.29) is 0 Å². The minimum absolute atomic E-state index is 0.294. The number of hydrogen-bond acceptors (Lipinski definition) is 5. The molecule has 6 heteroatoms. The first kappa shape index (κ1) is 18.6. The van der Waals surface area contributed by atoms with Crippen LogP contribution in [0.4, 0.5) is 5.13 Å². The van der Waals surface area contributed by atoms with Gasteiger partial charge in [-0.1, -0.05) is 39.0 Å². The molecule has 1 aromatic rings. The highest BCUT2D eigenvalue weighted by Crippen LogP contribution is 2.38. The van der Waals surface area contributed by atoms with Crippen LogP contribution in [0.5, 0.6) is 0 Å². The number of nitrogens with one attached hydrogen (secondary N) is 1. The van der Waals surface area contributed by atoms with Crippen molar-refractivity contribution in [2.24, 2.45) is 5.92 Å². The molecule has 2 bridgehead atoms. The number of piperazine rings is 1. The molecule has 3 aliphatic rings. The number of hydrogen-bond donors (Lipinski definition) is 1. The van der Waals surface area contributed by atoms with Crippen LogP contribution in [0.3, 0.4) is 0 Å². The minimum atomic E-state index is 0.294. The molecule has 3 aliphatic heterocycles. The molecule has 0 aliphatic carbocycles. The Balaban J connectivity index is 0.000000880. The van der Waals surface area contributed by atoms with Crippen molar-refractivity contribution in [3.8, 4) is 0 Å². The van der Waals surface area contributed by atoms with Crippen molar-refractivity contribution in [3.63, 3.8) is 0 Å². The molecule has 1 aromatic heterocycles. The molecule has 2 atom stereocenters. The van der Waals surface area contributed by atoms with Crippen molar-refractivity contribution in [2.45, 2.75) is 72.0 Å². The summed E-state index contributed by atoms with van der Waals surface area (Å²) < 4.78 is 0. The molecular weight excluding hydrogens is 332 g/mol. The summed E-state index contributed by atoms with van der Waals surface area (Å²) in [5.41, 5.74) is 1.23. The lowest BCUT2D eigenvalue weighted by molar-refractivity contribution is -0.132. The van der Waals surface area contributed by atoms with Gasteiger partial charge >= 0.3 is 0 Å². The van der Waals surface area contributed by atoms with E-state index in [2.05, 4.69) is 24.1 Å². The zero-order valence-electron chi connectivity index (χ0n) is 16.0. The standard InChI is InChI=1S/C17H26N4OS.C2H6/c1-11(2)7-16(22)20-6-5-14-15(10-20)23-17(19-14)21-12-3-4-13(21)9-18-8-12;1-2/h11-13,18H,3-10H2,1-2H3;1-2H3. The summed E-state index contributed by atoms with van der Waals surface area (Å²) in [5, 5.41) is 4.73. The Morgan fingerprint density at radius 2 is 1.96 bits per heavy atom. The summed E-state index contributed by atoms with van der Waals surface area (Å²) in [6, 6.07) is 1.22. The molecule has 2 unspecified atom stereocenters. The Bertz CT molecular complexity index is 584. The quantitative estimate of drug-likeness (QED) is 0.896. The molecule has 4 rings (SSSR count). The van der Waals surface area contributed by atoms with Crippen LogP contribution in [0.15, 0.2) is 0 Å². The Hall–Kier alpha value is -1.14. The van der Waals surface area contributed by atoms with E-state index in [9.17, 15) is 4.79 Å². The summed E-state index contributed by atoms with van der Waals surface area (Å²) in [7, 11) is 0. The molecule has 1 amide bonds. The number of aromatic nitrogens is 1. The third-order valence-corrected chi connectivity index (χ3v) is 6.35. The fourth-order valence-electron chi connectivity index (χ4n) is 4.07. The number of carbonyl (C=O) groups excluding carboxylic acids is 1. The van der Waals surface area contributed by atoms with E-state index in [1.165, 1.54) is 28.5 Å². The number of rotatable bonds is 3. The van der Waals surface area contributed by atoms with Crippen molar-refractivity contribution < 1.29 is 4.79 Å². The highest BCUT2D eigenvalue weighted by atomic mass is 32.1. The van der Waals surface area contributed by atoms with Crippen LogP contribution >= 0.6 is 11.3 Å². The van der Waals surface area contributed by atoms with Gasteiger partial charge in [-0.15, -0.1) is 0 Å². The maximum Gasteiger partial charge on any atom is 0.223 e. The maximum absolute atomic E-state index is 12.3. The predicted molar refractivity (Wildman–Crippen MR) is 104 cm³/mol. The average Bonchev–Trinajstić information content (AvgIpc) is 3.12. The van der Waals surface area contributed by atoms with Crippen LogP contribution in [0.2, 0.25) is 0 Å². The lowest BCUT2D eigenvalue weighted by atomic mass is 10.1. The molecular formula is C19H32N4OS. The zero-order chi connectivity index (χ0) is 18.0. The van der Waals surface area contributed by atoms with Crippen LogP contribution in [0.25, 0.3) is 0 Å². The topological polar surface area (TPSA) is 48.5 Å². The smallest absolute Gasteiger partial charge is 0.223 e. The van der Waals surface area contributed by atoms with Gasteiger partial charge in [0.1, 0.15) is 0 Å². The van der Waals surface area contributed by atoms with E-state index < -0.39 is 0 Å². The van der Waals surface area contributed by atoms with Gasteiger partial charge in [0, 0.05) is 49.4 Å². The third-order valence-electron chi connectivity index (χ3n) is 5.26. The SMILES string of the molecule is CC.CC(C)CC(=O)N1CCc2nc(N3C4CCC3CNC4)sc2C1. The number of nitrogens with zero attached hydrogens (tertiary/aromatic N) is 3. The van der Waals surface area contributed by atoms with Gasteiger partial charge in [0.05, 0.1) is 12.2 Å². The molecule has 4 heterocycles. The second-order valence-corrected chi connectivity index (χ2v) is 8.54. The second-order valence-electron chi connectivity index (χ2n) is 7.48. The number of carbonyl (C=O) groups is 1. The summed E-state index contributed by atoms with van der Waals surface area (Å²) in [4.78, 5) is 23.2. The zero-order valence-corrected chi connectivity index (χ0v) is 16.9. The third kappa shape index (κ3) is 3.85. The van der Waals surface area contributed by atoms with Gasteiger partial charge in [-0.3, -0.25) is 4.79 Å². The lowest BCUT2D eigenvalue weighted by Gasteiger charge is -2.35. The van der Waals surface area contributed by atoms with Gasteiger partial charge in [-0.05, 0) is 18.8 Å². The fourth-order valence-corrected chi connectivity index (χ4v) is 5.34. The van der Waals surface area contributed by atoms with Crippen LogP contribution in [-0.2, 0) is 17.8 Å². The van der Waals surface area contributed by atoms with Crippen molar-refractivity contribution in [2.75, 3.05) is 24.5 Å². The molecule has 2 saturated heterocycles. The Kier molecular flexibility index (Phi) is 6.00. The van der Waals surface area contributed by atoms with Crippen molar-refractivity contribution in [1.82, 2.24) is 15.2 Å². The van der Waals surface area contributed by atoms with E-state index in [0.717, 1.165) is 32.6 Å². The molecule has 5 nitrogen and oxygen atoms in total. The largest absolute Gasteiger partial charge is 0.340 e. The van der Waals surface area contributed by atoms with Crippen molar-refractivity contribution in [3.05, 3.63) is 10.6 Å². The summed E-state index contributed by atoms with van der Waals surface area (Å²) in [6.07, 6.45) is 4.13. The van der Waals surface area contributed by atoms with Crippen LogP contribution < -0.4 is 10.2 Å². The maximum atomic E-state index is 12.3. The monoisotopic (exact) mass is 364 g/mol. The predicted octanol–water partition coefficient (Wildman–Crippen LogP) is 3.04. The molecule has 0 saturated carbocycles. The molecule has 0 radical (unpaired) electrons. The fraction of sp³-hybridized carbons (Fsp3) is 0.789. The van der Waals surface area contributed by atoms with Gasteiger partial charge in [0.25, 0.3) is 0 Å². The van der Waals surface area contributed by atoms with Crippen LogP contribution in [0.1, 0.15) is 57.5 Å². The highest BCUT2D eigenvalue weighted by Gasteiger charge is 2.38. The van der Waals surface area contributed by atoms with Crippen molar-refractivity contribution in [1.29, 1.82) is 0 Å². The van der Waals surface area contributed by atoms with E-state index >= 15 is 0 Å². The van der Waals surface area contributed by atoms with Crippen LogP contribution in [0, 0.1) is 5.92 Å². The van der Waals surface area contributed by atoms with E-state index in [1.54, 1.807) is 0 Å². The van der Waals surface area contributed by atoms with Crippen LogP contribution in [-0.4, -0.2) is 47.5 Å². The summed E-state index contributed by atoms with van der Waals surface area (Å²) >= 11 is 1.82. The molecule has 25 heavy (non-hydrogen) atoms. The second kappa shape index (κ2) is 8.04. The minimum Gasteiger partial charge on any atom is -0.340 e. The highest BCUT2D eigenvalue weighted by molar-refractivity contribution is 7.15. The van der Waals surface area contributed by atoms with Gasteiger partial charge in [0.2, 0.25) is 5.91 Å². The molecule has 0 aromatic carbocycles. The number of fused-ring (bicyclic) bond motifs is 3. The van der Waals surface area contributed by atoms with Crippen molar-refractivity contribution >= 4 is 22.4 Å². The molecule has 140 valence electrons. The molecule has 1 N–H and O–H groups in total. The molecule has 2 fully saturated rings. The summed E-state index contributed by atoms with van der Waals surface area (Å²) in [5.74, 6) is 0.722. The lowest BCUT2D eigenvalue weighted by Crippen LogP contribution is -2.51. The Morgan fingerprint density at radius 3 is 2.60 bits per heavy atom. The summed E-state index contributed by atoms with van der Waals surface area (Å²) in [6.45, 7) is 12.0. The Labute approximate surface area is 155 Å². The first-order valence-electron chi connectivity index (χ1n) is 9.87. The number of thiazole rings is 1. The average molecular weight is 365 g/mol. The van der Waals surface area contributed by atoms with Gasteiger partial charge in [-0.2, -0.15) is 0 Å². The number of amides is 1. The Morgan fingerprint density at radius 1 is 1.28 bits per heavy atom. The first-order chi connectivity index (χ1) is 12.1. The van der Waals surface area contributed by atoms with Gasteiger partial charge in [0.15, 0.2) is 5.13 Å².